The first-order valence-electron chi connectivity index (χ1n) is 12.3. The van der Waals surface area contributed by atoms with Gasteiger partial charge in [0.2, 0.25) is 6.79 Å². The van der Waals surface area contributed by atoms with Crippen molar-refractivity contribution in [1.29, 1.82) is 0 Å². The summed E-state index contributed by atoms with van der Waals surface area (Å²) in [6.45, 7) is 8.97. The number of fused-ring (bicyclic) bond motifs is 2. The summed E-state index contributed by atoms with van der Waals surface area (Å²) in [7, 11) is 0. The topological polar surface area (TPSA) is 84.2 Å². The lowest BCUT2D eigenvalue weighted by Gasteiger charge is -2.21. The molecule has 9 heteroatoms. The standard InChI is InChI=1S/C29H28BrN3O5/c1-5-35-25-12-18(6-10-23(25)36-16-19-7-11-24-26(13-19)38-17-37-24)15-31-33-27(34)21-14-20(30)8-9-22(21)32-28(33)29(2,3)4/h6-15H,5,16-17H2,1-4H3. The monoisotopic (exact) mass is 577 g/mol. The summed E-state index contributed by atoms with van der Waals surface area (Å²) in [5.41, 5.74) is 1.71. The molecule has 0 atom stereocenters. The molecular formula is C29H28BrN3O5. The van der Waals surface area contributed by atoms with Crippen LogP contribution in [0.3, 0.4) is 0 Å². The SMILES string of the molecule is CCOc1cc(C=Nn2c(C(C)(C)C)nc3ccc(Br)cc3c2=O)ccc1OCc1ccc2c(c1)OCO2. The molecule has 1 aromatic heterocycles. The number of hydrogen-bond donors (Lipinski definition) is 0. The minimum absolute atomic E-state index is 0.229. The Bertz CT molecular complexity index is 1590. The normalized spacial score (nSPS) is 12.9. The number of aromatic nitrogens is 2. The molecule has 0 fully saturated rings. The first-order valence-corrected chi connectivity index (χ1v) is 13.1. The molecule has 8 nitrogen and oxygen atoms in total. The number of ether oxygens (including phenoxy) is 4. The summed E-state index contributed by atoms with van der Waals surface area (Å²) in [5.74, 6) is 3.20. The molecule has 0 aliphatic carbocycles. The third-order valence-corrected chi connectivity index (χ3v) is 6.39. The van der Waals surface area contributed by atoms with Crippen molar-refractivity contribution in [3.05, 3.63) is 86.4 Å². The number of halogens is 1. The third kappa shape index (κ3) is 5.38. The van der Waals surface area contributed by atoms with Crippen LogP contribution in [0, 0.1) is 0 Å². The van der Waals surface area contributed by atoms with Crippen LogP contribution in [0.5, 0.6) is 23.0 Å². The average molecular weight is 578 g/mol. The predicted octanol–water partition coefficient (Wildman–Crippen LogP) is 6.05. The van der Waals surface area contributed by atoms with Gasteiger partial charge in [-0.15, -0.1) is 0 Å². The van der Waals surface area contributed by atoms with Crippen molar-refractivity contribution in [2.45, 2.75) is 39.7 Å². The van der Waals surface area contributed by atoms with E-state index in [2.05, 4.69) is 21.0 Å². The fourth-order valence-electron chi connectivity index (χ4n) is 4.05. The van der Waals surface area contributed by atoms with Gasteiger partial charge in [0.1, 0.15) is 12.4 Å². The van der Waals surface area contributed by atoms with Gasteiger partial charge in [0.25, 0.3) is 5.56 Å². The second-order valence-electron chi connectivity index (χ2n) is 9.82. The predicted molar refractivity (Wildman–Crippen MR) is 150 cm³/mol. The van der Waals surface area contributed by atoms with Crippen LogP contribution in [0.25, 0.3) is 10.9 Å². The van der Waals surface area contributed by atoms with Crippen LogP contribution in [0.2, 0.25) is 0 Å². The fraction of sp³-hybridized carbons (Fsp3) is 0.276. The molecule has 38 heavy (non-hydrogen) atoms. The van der Waals surface area contributed by atoms with Gasteiger partial charge in [0.15, 0.2) is 23.0 Å². The Labute approximate surface area is 229 Å². The Hall–Kier alpha value is -3.85. The third-order valence-electron chi connectivity index (χ3n) is 5.90. The summed E-state index contributed by atoms with van der Waals surface area (Å²) in [4.78, 5) is 18.2. The maximum absolute atomic E-state index is 13.4. The van der Waals surface area contributed by atoms with Gasteiger partial charge >= 0.3 is 0 Å². The van der Waals surface area contributed by atoms with E-state index in [0.717, 1.165) is 21.3 Å². The summed E-state index contributed by atoms with van der Waals surface area (Å²) in [6.07, 6.45) is 1.63. The molecule has 196 valence electrons. The Balaban J connectivity index is 1.44. The molecule has 0 saturated carbocycles. The molecule has 5 rings (SSSR count). The van der Waals surface area contributed by atoms with Crippen molar-refractivity contribution >= 4 is 33.0 Å². The summed E-state index contributed by atoms with van der Waals surface area (Å²) >= 11 is 3.44. The van der Waals surface area contributed by atoms with Gasteiger partial charge in [-0.3, -0.25) is 4.79 Å². The molecule has 0 amide bonds. The van der Waals surface area contributed by atoms with Crippen molar-refractivity contribution in [2.75, 3.05) is 13.4 Å². The second-order valence-corrected chi connectivity index (χ2v) is 10.7. The van der Waals surface area contributed by atoms with E-state index >= 15 is 0 Å². The highest BCUT2D eigenvalue weighted by atomic mass is 79.9. The zero-order valence-corrected chi connectivity index (χ0v) is 23.2. The molecule has 1 aliphatic rings. The van der Waals surface area contributed by atoms with E-state index in [1.807, 2.05) is 76.2 Å². The lowest BCUT2D eigenvalue weighted by Crippen LogP contribution is -2.29. The lowest BCUT2D eigenvalue weighted by molar-refractivity contribution is 0.174. The number of rotatable bonds is 7. The number of benzene rings is 3. The summed E-state index contributed by atoms with van der Waals surface area (Å²) < 4.78 is 24.9. The summed E-state index contributed by atoms with van der Waals surface area (Å²) in [5, 5.41) is 5.05. The van der Waals surface area contributed by atoms with Crippen molar-refractivity contribution in [3.8, 4) is 23.0 Å². The van der Waals surface area contributed by atoms with E-state index in [1.165, 1.54) is 4.68 Å². The van der Waals surface area contributed by atoms with E-state index in [9.17, 15) is 4.79 Å². The fourth-order valence-corrected chi connectivity index (χ4v) is 4.41. The van der Waals surface area contributed by atoms with Crippen LogP contribution in [0.4, 0.5) is 0 Å². The number of hydrogen-bond acceptors (Lipinski definition) is 7. The van der Waals surface area contributed by atoms with Crippen molar-refractivity contribution in [2.24, 2.45) is 5.10 Å². The Morgan fingerprint density at radius 1 is 1.03 bits per heavy atom. The highest BCUT2D eigenvalue weighted by molar-refractivity contribution is 9.10. The van der Waals surface area contributed by atoms with Crippen molar-refractivity contribution in [3.63, 3.8) is 0 Å². The highest BCUT2D eigenvalue weighted by Crippen LogP contribution is 2.34. The molecule has 1 aliphatic heterocycles. The first-order chi connectivity index (χ1) is 18.2. The van der Waals surface area contributed by atoms with Gasteiger partial charge in [-0.1, -0.05) is 42.8 Å². The van der Waals surface area contributed by atoms with Crippen LogP contribution in [0.15, 0.2) is 69.0 Å². The Morgan fingerprint density at radius 3 is 2.63 bits per heavy atom. The maximum Gasteiger partial charge on any atom is 0.282 e. The van der Waals surface area contributed by atoms with Gasteiger partial charge in [-0.05, 0) is 66.6 Å². The highest BCUT2D eigenvalue weighted by Gasteiger charge is 2.23. The number of nitrogens with zero attached hydrogens (tertiary/aromatic N) is 3. The van der Waals surface area contributed by atoms with E-state index in [0.29, 0.717) is 47.2 Å². The van der Waals surface area contributed by atoms with Crippen LogP contribution >= 0.6 is 15.9 Å². The quantitative estimate of drug-likeness (QED) is 0.249. The lowest BCUT2D eigenvalue weighted by atomic mass is 9.95. The van der Waals surface area contributed by atoms with Gasteiger partial charge in [0.05, 0.1) is 23.7 Å². The molecule has 0 saturated heterocycles. The summed E-state index contributed by atoms with van der Waals surface area (Å²) in [6, 6.07) is 16.7. The van der Waals surface area contributed by atoms with Crippen molar-refractivity contribution < 1.29 is 18.9 Å². The Morgan fingerprint density at radius 2 is 1.84 bits per heavy atom. The smallest absolute Gasteiger partial charge is 0.282 e. The van der Waals surface area contributed by atoms with Gasteiger partial charge < -0.3 is 18.9 Å². The molecule has 0 spiro atoms. The van der Waals surface area contributed by atoms with Crippen LogP contribution < -0.4 is 24.5 Å². The van der Waals surface area contributed by atoms with Gasteiger partial charge in [-0.2, -0.15) is 9.78 Å². The van der Waals surface area contributed by atoms with E-state index < -0.39 is 5.41 Å². The van der Waals surface area contributed by atoms with Gasteiger partial charge in [-0.25, -0.2) is 4.98 Å². The molecule has 0 radical (unpaired) electrons. The molecule has 3 aromatic carbocycles. The van der Waals surface area contributed by atoms with Crippen LogP contribution in [-0.4, -0.2) is 29.3 Å². The second kappa shape index (κ2) is 10.5. The molecule has 4 aromatic rings. The largest absolute Gasteiger partial charge is 0.490 e. The molecule has 0 unspecified atom stereocenters. The molecule has 0 N–H and O–H groups in total. The van der Waals surface area contributed by atoms with E-state index in [-0.39, 0.29) is 12.4 Å². The molecule has 2 heterocycles. The zero-order valence-electron chi connectivity index (χ0n) is 21.7. The maximum atomic E-state index is 13.4. The molecule has 0 bridgehead atoms. The zero-order chi connectivity index (χ0) is 26.9. The Kier molecular flexibility index (Phi) is 7.12. The van der Waals surface area contributed by atoms with Crippen LogP contribution in [0.1, 0.15) is 44.6 Å². The minimum atomic E-state index is -0.402. The van der Waals surface area contributed by atoms with E-state index in [1.54, 1.807) is 12.3 Å². The minimum Gasteiger partial charge on any atom is -0.490 e. The van der Waals surface area contributed by atoms with Crippen LogP contribution in [-0.2, 0) is 12.0 Å². The first kappa shape index (κ1) is 25.8. The average Bonchev–Trinajstić information content (AvgIpc) is 3.35. The van der Waals surface area contributed by atoms with Crippen molar-refractivity contribution in [1.82, 2.24) is 9.66 Å². The van der Waals surface area contributed by atoms with E-state index in [4.69, 9.17) is 23.9 Å². The van der Waals surface area contributed by atoms with Gasteiger partial charge in [0, 0.05) is 9.89 Å². The molecular weight excluding hydrogens is 550 g/mol.